The van der Waals surface area contributed by atoms with E-state index in [1.165, 1.54) is 6.07 Å². The van der Waals surface area contributed by atoms with Gasteiger partial charge in [0.05, 0.1) is 5.56 Å². The second kappa shape index (κ2) is 7.18. The lowest BCUT2D eigenvalue weighted by molar-refractivity contribution is 0.216. The van der Waals surface area contributed by atoms with Crippen molar-refractivity contribution in [3.05, 3.63) is 71.9 Å². The first-order valence-corrected chi connectivity index (χ1v) is 8.35. The molecular formula is C17H16N2O3S. The molecule has 1 aromatic carbocycles. The lowest BCUT2D eigenvalue weighted by Gasteiger charge is -2.16. The third kappa shape index (κ3) is 4.03. The average Bonchev–Trinajstić information content (AvgIpc) is 2.55. The smallest absolute Gasteiger partial charge is 0.257 e. The van der Waals surface area contributed by atoms with Crippen LogP contribution >= 0.6 is 0 Å². The van der Waals surface area contributed by atoms with Crippen molar-refractivity contribution >= 4 is 10.1 Å². The minimum absolute atomic E-state index is 0.0407. The van der Waals surface area contributed by atoms with E-state index in [4.69, 9.17) is 9.44 Å². The molecule has 5 nitrogen and oxygen atoms in total. The normalized spacial score (nSPS) is 12.3. The molecule has 6 heteroatoms. The molecule has 0 spiro atoms. The summed E-state index contributed by atoms with van der Waals surface area (Å²) in [6, 6.07) is 13.8. The number of pyridine rings is 1. The molecule has 0 saturated carbocycles. The molecule has 0 amide bonds. The molecule has 23 heavy (non-hydrogen) atoms. The molecule has 0 radical (unpaired) electrons. The van der Waals surface area contributed by atoms with Crippen molar-refractivity contribution in [2.75, 3.05) is 0 Å². The van der Waals surface area contributed by atoms with Crippen LogP contribution < -0.4 is 0 Å². The van der Waals surface area contributed by atoms with Gasteiger partial charge in [-0.15, -0.1) is 6.58 Å². The summed E-state index contributed by atoms with van der Waals surface area (Å²) in [5.41, 5.74) is 1.16. The van der Waals surface area contributed by atoms with Gasteiger partial charge in [0.15, 0.2) is 0 Å². The maximum Gasteiger partial charge on any atom is 0.316 e. The summed E-state index contributed by atoms with van der Waals surface area (Å²) in [5, 5.41) is 8.74. The van der Waals surface area contributed by atoms with Crippen LogP contribution in [0.1, 0.15) is 29.3 Å². The lowest BCUT2D eigenvalue weighted by atomic mass is 10.1. The van der Waals surface area contributed by atoms with E-state index in [9.17, 15) is 8.42 Å². The zero-order chi connectivity index (χ0) is 16.9. The summed E-state index contributed by atoms with van der Waals surface area (Å²) in [6.07, 6.45) is 1.19. The van der Waals surface area contributed by atoms with Gasteiger partial charge in [0.2, 0.25) is 5.03 Å². The van der Waals surface area contributed by atoms with Crippen molar-refractivity contribution in [1.82, 2.24) is 4.98 Å². The van der Waals surface area contributed by atoms with Crippen molar-refractivity contribution in [3.63, 3.8) is 0 Å². The number of hydrogen-bond donors (Lipinski definition) is 0. The minimum atomic E-state index is -4.18. The highest BCUT2D eigenvalue weighted by atomic mass is 32.2. The van der Waals surface area contributed by atoms with Crippen LogP contribution in [0.25, 0.3) is 0 Å². The molecule has 0 aliphatic rings. The summed E-state index contributed by atoms with van der Waals surface area (Å²) in [6.45, 7) is 5.29. The fourth-order valence-electron chi connectivity index (χ4n) is 2.06. The Morgan fingerprint density at radius 1 is 1.30 bits per heavy atom. The quantitative estimate of drug-likeness (QED) is 0.600. The van der Waals surface area contributed by atoms with Crippen molar-refractivity contribution in [2.24, 2.45) is 0 Å². The van der Waals surface area contributed by atoms with E-state index in [1.54, 1.807) is 43.3 Å². The molecule has 0 N–H and O–H groups in total. The predicted octanol–water partition coefficient (Wildman–Crippen LogP) is 3.28. The molecule has 2 rings (SSSR count). The summed E-state index contributed by atoms with van der Waals surface area (Å²) in [5.74, 6) is 0. The van der Waals surface area contributed by atoms with E-state index in [1.807, 2.05) is 12.1 Å². The highest BCUT2D eigenvalue weighted by Crippen LogP contribution is 2.27. The number of benzene rings is 1. The van der Waals surface area contributed by atoms with Crippen LogP contribution in [0.3, 0.4) is 0 Å². The van der Waals surface area contributed by atoms with Crippen LogP contribution in [-0.2, 0) is 14.3 Å². The number of aromatic nitrogens is 1. The van der Waals surface area contributed by atoms with E-state index < -0.39 is 16.2 Å². The van der Waals surface area contributed by atoms with Gasteiger partial charge in [-0.1, -0.05) is 36.4 Å². The van der Waals surface area contributed by atoms with Gasteiger partial charge >= 0.3 is 10.1 Å². The van der Waals surface area contributed by atoms with Crippen LogP contribution in [0.15, 0.2) is 60.1 Å². The van der Waals surface area contributed by atoms with Crippen molar-refractivity contribution in [3.8, 4) is 6.07 Å². The molecule has 0 bridgehead atoms. The SMILES string of the molecule is C=CC[C@@H](OS(=O)(=O)c1nc(C)ccc1C#N)c1ccccc1. The predicted molar refractivity (Wildman–Crippen MR) is 86.0 cm³/mol. The zero-order valence-corrected chi connectivity index (χ0v) is 13.5. The summed E-state index contributed by atoms with van der Waals surface area (Å²) >= 11 is 0. The molecule has 0 aliphatic carbocycles. The number of nitrogens with zero attached hydrogens (tertiary/aromatic N) is 2. The standard InChI is InChI=1S/C17H16N2O3S/c1-3-7-16(14-8-5-4-6-9-14)22-23(20,21)17-15(12-18)11-10-13(2)19-17/h3-6,8-11,16H,1,7H2,2H3/t16-/m1/s1. The summed E-state index contributed by atoms with van der Waals surface area (Å²) < 4.78 is 30.4. The van der Waals surface area contributed by atoms with Gasteiger partial charge in [0.25, 0.3) is 0 Å². The average molecular weight is 328 g/mol. The largest absolute Gasteiger partial charge is 0.316 e. The van der Waals surface area contributed by atoms with Gasteiger partial charge in [-0.2, -0.15) is 13.7 Å². The molecule has 1 aromatic heterocycles. The summed E-state index contributed by atoms with van der Waals surface area (Å²) in [4.78, 5) is 3.96. The topological polar surface area (TPSA) is 80.1 Å². The Balaban J connectivity index is 2.42. The highest BCUT2D eigenvalue weighted by molar-refractivity contribution is 7.86. The third-order valence-corrected chi connectivity index (χ3v) is 4.42. The molecule has 0 saturated heterocycles. The first kappa shape index (κ1) is 16.9. The minimum Gasteiger partial charge on any atom is -0.257 e. The molecule has 0 unspecified atom stereocenters. The Hall–Kier alpha value is -2.49. The van der Waals surface area contributed by atoms with E-state index in [0.29, 0.717) is 17.7 Å². The van der Waals surface area contributed by atoms with E-state index >= 15 is 0 Å². The maximum absolute atomic E-state index is 12.6. The van der Waals surface area contributed by atoms with Crippen molar-refractivity contribution < 1.29 is 12.6 Å². The van der Waals surface area contributed by atoms with Crippen LogP contribution in [0.5, 0.6) is 0 Å². The molecule has 1 heterocycles. The molecule has 0 aliphatic heterocycles. The Labute approximate surface area is 136 Å². The number of nitriles is 1. The van der Waals surface area contributed by atoms with Gasteiger partial charge in [0, 0.05) is 5.69 Å². The number of rotatable bonds is 6. The van der Waals surface area contributed by atoms with Gasteiger partial charge < -0.3 is 0 Å². The van der Waals surface area contributed by atoms with Gasteiger partial charge in [-0.05, 0) is 31.0 Å². The molecular weight excluding hydrogens is 312 g/mol. The molecule has 2 aromatic rings. The van der Waals surface area contributed by atoms with Gasteiger partial charge in [-0.3, -0.25) is 4.18 Å². The lowest BCUT2D eigenvalue weighted by Crippen LogP contribution is -2.15. The fraction of sp³-hybridized carbons (Fsp3) is 0.176. The van der Waals surface area contributed by atoms with Crippen molar-refractivity contribution in [1.29, 1.82) is 5.26 Å². The van der Waals surface area contributed by atoms with Gasteiger partial charge in [0.1, 0.15) is 12.2 Å². The Bertz CT molecular complexity index is 840. The van der Waals surface area contributed by atoms with Crippen LogP contribution in [0.4, 0.5) is 0 Å². The third-order valence-electron chi connectivity index (χ3n) is 3.15. The van der Waals surface area contributed by atoms with Crippen LogP contribution in [0.2, 0.25) is 0 Å². The number of hydrogen-bond acceptors (Lipinski definition) is 5. The highest BCUT2D eigenvalue weighted by Gasteiger charge is 2.26. The summed E-state index contributed by atoms with van der Waals surface area (Å²) in [7, 11) is -4.18. The van der Waals surface area contributed by atoms with Crippen molar-refractivity contribution in [2.45, 2.75) is 24.5 Å². The van der Waals surface area contributed by atoms with Gasteiger partial charge in [-0.25, -0.2) is 4.98 Å². The van der Waals surface area contributed by atoms with Crippen LogP contribution in [0, 0.1) is 18.3 Å². The Morgan fingerprint density at radius 3 is 2.61 bits per heavy atom. The first-order valence-electron chi connectivity index (χ1n) is 6.95. The maximum atomic E-state index is 12.6. The van der Waals surface area contributed by atoms with Crippen LogP contribution in [-0.4, -0.2) is 13.4 Å². The zero-order valence-electron chi connectivity index (χ0n) is 12.6. The Kier molecular flexibility index (Phi) is 5.27. The number of aryl methyl sites for hydroxylation is 1. The second-order valence-electron chi connectivity index (χ2n) is 4.89. The molecule has 118 valence electrons. The van der Waals surface area contributed by atoms with E-state index in [2.05, 4.69) is 11.6 Å². The first-order chi connectivity index (χ1) is 11.0. The fourth-order valence-corrected chi connectivity index (χ4v) is 3.28. The van der Waals surface area contributed by atoms with E-state index in [0.717, 1.165) is 0 Å². The monoisotopic (exact) mass is 328 g/mol. The van der Waals surface area contributed by atoms with E-state index in [-0.39, 0.29) is 10.6 Å². The second-order valence-corrected chi connectivity index (χ2v) is 6.38. The Morgan fingerprint density at radius 2 is 2.00 bits per heavy atom. The molecule has 0 fully saturated rings. The molecule has 1 atom stereocenters.